The molecular weight excluding hydrogens is 211 g/mol. The summed E-state index contributed by atoms with van der Waals surface area (Å²) in [4.78, 5) is 9.50. The molecule has 0 spiro atoms. The Bertz CT molecular complexity index is 315. The van der Waals surface area contributed by atoms with Crippen molar-refractivity contribution in [3.05, 3.63) is 10.9 Å². The summed E-state index contributed by atoms with van der Waals surface area (Å²) in [5, 5.41) is 10.5. The van der Waals surface area contributed by atoms with Crippen molar-refractivity contribution in [1.82, 2.24) is 0 Å². The van der Waals surface area contributed by atoms with Crippen molar-refractivity contribution in [1.29, 1.82) is 0 Å². The monoisotopic (exact) mass is 234 g/mol. The second-order valence-corrected chi connectivity index (χ2v) is 7.70. The molecule has 4 heteroatoms. The van der Waals surface area contributed by atoms with Gasteiger partial charge in [-0.3, -0.25) is 4.57 Å². The van der Waals surface area contributed by atoms with E-state index < -0.39 is 18.4 Å². The summed E-state index contributed by atoms with van der Waals surface area (Å²) in [6, 6.07) is 0. The molecule has 0 aliphatic heterocycles. The van der Waals surface area contributed by atoms with E-state index in [0.29, 0.717) is 5.31 Å². The molecular formula is C11H23O3P. The van der Waals surface area contributed by atoms with Gasteiger partial charge < -0.3 is 10.00 Å². The molecule has 0 bridgehead atoms. The molecule has 90 valence electrons. The summed E-state index contributed by atoms with van der Waals surface area (Å²) in [6.07, 6.45) is 0. The lowest BCUT2D eigenvalue weighted by Gasteiger charge is -2.39. The molecule has 0 aliphatic carbocycles. The average molecular weight is 234 g/mol. The number of aliphatic hydroxyl groups is 1. The minimum atomic E-state index is -3.21. The second-order valence-electron chi connectivity index (χ2n) is 5.27. The summed E-state index contributed by atoms with van der Waals surface area (Å²) in [5.74, 6) is 0. The van der Waals surface area contributed by atoms with Gasteiger partial charge in [-0.1, -0.05) is 19.4 Å². The average Bonchev–Trinajstić information content (AvgIpc) is 1.97. The van der Waals surface area contributed by atoms with E-state index in [4.69, 9.17) is 0 Å². The highest BCUT2D eigenvalue weighted by Gasteiger charge is 2.38. The zero-order valence-corrected chi connectivity index (χ0v) is 11.6. The summed E-state index contributed by atoms with van der Waals surface area (Å²) < 4.78 is 11.5. The Kier molecular flexibility index (Phi) is 4.01. The van der Waals surface area contributed by atoms with Gasteiger partial charge in [0.25, 0.3) is 0 Å². The van der Waals surface area contributed by atoms with Crippen molar-refractivity contribution in [2.24, 2.45) is 5.41 Å². The van der Waals surface area contributed by atoms with E-state index in [0.717, 1.165) is 5.57 Å². The lowest BCUT2D eigenvalue weighted by atomic mass is 9.72. The van der Waals surface area contributed by atoms with Crippen molar-refractivity contribution >= 4 is 7.37 Å². The molecule has 0 aliphatic rings. The van der Waals surface area contributed by atoms with Crippen LogP contribution in [0.1, 0.15) is 41.5 Å². The van der Waals surface area contributed by atoms with E-state index in [-0.39, 0.29) is 0 Å². The SMILES string of the molecule is C/C(=C(\C)P(C)(=O)O)C(C)(C)C(C)(C)O. The number of hydrogen-bond donors (Lipinski definition) is 2. The lowest BCUT2D eigenvalue weighted by Crippen LogP contribution is -2.40. The molecule has 0 saturated carbocycles. The molecule has 0 aromatic heterocycles. The summed E-state index contributed by atoms with van der Waals surface area (Å²) in [7, 11) is -3.21. The molecule has 0 fully saturated rings. The molecule has 0 amide bonds. The van der Waals surface area contributed by atoms with Crippen LogP contribution in [0.25, 0.3) is 0 Å². The summed E-state index contributed by atoms with van der Waals surface area (Å²) in [6.45, 7) is 12.0. The predicted octanol–water partition coefficient (Wildman–Crippen LogP) is 2.98. The first kappa shape index (κ1) is 14.9. The van der Waals surface area contributed by atoms with Gasteiger partial charge in [0.2, 0.25) is 7.37 Å². The van der Waals surface area contributed by atoms with Crippen molar-refractivity contribution in [2.75, 3.05) is 6.66 Å². The molecule has 0 heterocycles. The summed E-state index contributed by atoms with van der Waals surface area (Å²) in [5.41, 5.74) is -0.665. The first-order valence-electron chi connectivity index (χ1n) is 5.03. The van der Waals surface area contributed by atoms with Crippen LogP contribution in [0.5, 0.6) is 0 Å². The van der Waals surface area contributed by atoms with Gasteiger partial charge in [-0.05, 0) is 27.7 Å². The maximum Gasteiger partial charge on any atom is 0.222 e. The van der Waals surface area contributed by atoms with Crippen LogP contribution in [-0.2, 0) is 4.57 Å². The third-order valence-corrected chi connectivity index (χ3v) is 5.21. The highest BCUT2D eigenvalue weighted by atomic mass is 31.2. The zero-order chi connectivity index (χ0) is 12.7. The zero-order valence-electron chi connectivity index (χ0n) is 10.7. The van der Waals surface area contributed by atoms with Crippen LogP contribution in [0.3, 0.4) is 0 Å². The molecule has 1 atom stereocenters. The Morgan fingerprint density at radius 1 is 1.13 bits per heavy atom. The second kappa shape index (κ2) is 4.04. The van der Waals surface area contributed by atoms with Gasteiger partial charge in [0.1, 0.15) is 0 Å². The van der Waals surface area contributed by atoms with E-state index in [1.54, 1.807) is 27.7 Å². The molecule has 1 unspecified atom stereocenters. The summed E-state index contributed by atoms with van der Waals surface area (Å²) >= 11 is 0. The lowest BCUT2D eigenvalue weighted by molar-refractivity contribution is -0.0139. The third kappa shape index (κ3) is 3.17. The van der Waals surface area contributed by atoms with Crippen LogP contribution in [0.2, 0.25) is 0 Å². The van der Waals surface area contributed by atoms with Crippen LogP contribution < -0.4 is 0 Å². The maximum atomic E-state index is 11.5. The fraction of sp³-hybridized carbons (Fsp3) is 0.818. The molecule has 3 nitrogen and oxygen atoms in total. The fourth-order valence-corrected chi connectivity index (χ4v) is 2.12. The van der Waals surface area contributed by atoms with Crippen molar-refractivity contribution in [3.63, 3.8) is 0 Å². The number of allylic oxidation sites excluding steroid dienone is 1. The molecule has 0 aromatic rings. The Balaban J connectivity index is 5.54. The van der Waals surface area contributed by atoms with E-state index in [9.17, 15) is 14.6 Å². The fourth-order valence-electron chi connectivity index (χ4n) is 1.22. The van der Waals surface area contributed by atoms with Gasteiger partial charge in [0.15, 0.2) is 0 Å². The van der Waals surface area contributed by atoms with Crippen molar-refractivity contribution in [2.45, 2.75) is 47.1 Å². The third-order valence-electron chi connectivity index (χ3n) is 3.63. The van der Waals surface area contributed by atoms with E-state index in [1.807, 2.05) is 13.8 Å². The van der Waals surface area contributed by atoms with Crippen LogP contribution >= 0.6 is 7.37 Å². The normalized spacial score (nSPS) is 19.5. The van der Waals surface area contributed by atoms with E-state index >= 15 is 0 Å². The minimum absolute atomic E-state index is 0.481. The van der Waals surface area contributed by atoms with Gasteiger partial charge in [-0.15, -0.1) is 0 Å². The quantitative estimate of drug-likeness (QED) is 0.738. The molecule has 0 radical (unpaired) electrons. The standard InChI is InChI=1S/C11H23O3P/c1-8(9(2)15(7,13)14)10(3,4)11(5,6)12/h12H,1-7H3,(H,13,14)/b9-8-. The smallest absolute Gasteiger partial charge is 0.222 e. The minimum Gasteiger partial charge on any atom is -0.390 e. The van der Waals surface area contributed by atoms with E-state index in [2.05, 4.69) is 0 Å². The number of hydrogen-bond acceptors (Lipinski definition) is 2. The molecule has 0 saturated heterocycles. The Morgan fingerprint density at radius 2 is 1.47 bits per heavy atom. The van der Waals surface area contributed by atoms with Crippen LogP contribution in [0, 0.1) is 5.41 Å². The van der Waals surface area contributed by atoms with Crippen LogP contribution in [-0.4, -0.2) is 22.3 Å². The van der Waals surface area contributed by atoms with Gasteiger partial charge in [-0.25, -0.2) is 0 Å². The van der Waals surface area contributed by atoms with E-state index in [1.165, 1.54) is 6.66 Å². The molecule has 15 heavy (non-hydrogen) atoms. The number of rotatable bonds is 3. The van der Waals surface area contributed by atoms with Gasteiger partial charge >= 0.3 is 0 Å². The van der Waals surface area contributed by atoms with Crippen LogP contribution in [0.15, 0.2) is 10.9 Å². The van der Waals surface area contributed by atoms with Gasteiger partial charge in [0, 0.05) is 17.4 Å². The Morgan fingerprint density at radius 3 is 1.67 bits per heavy atom. The van der Waals surface area contributed by atoms with Crippen LogP contribution in [0.4, 0.5) is 0 Å². The molecule has 2 N–H and O–H groups in total. The highest BCUT2D eigenvalue weighted by Crippen LogP contribution is 2.51. The van der Waals surface area contributed by atoms with Crippen molar-refractivity contribution < 1.29 is 14.6 Å². The predicted molar refractivity (Wildman–Crippen MR) is 64.2 cm³/mol. The molecule has 0 rings (SSSR count). The van der Waals surface area contributed by atoms with Gasteiger partial charge in [-0.2, -0.15) is 0 Å². The maximum absolute atomic E-state index is 11.5. The highest BCUT2D eigenvalue weighted by molar-refractivity contribution is 7.61. The molecule has 0 aromatic carbocycles. The first-order chi connectivity index (χ1) is 6.32. The van der Waals surface area contributed by atoms with Gasteiger partial charge in [0.05, 0.1) is 5.60 Å². The largest absolute Gasteiger partial charge is 0.390 e. The Hall–Kier alpha value is -0.110. The Labute approximate surface area is 92.7 Å². The topological polar surface area (TPSA) is 57.5 Å². The van der Waals surface area contributed by atoms with Crippen molar-refractivity contribution in [3.8, 4) is 0 Å². The first-order valence-corrected chi connectivity index (χ1v) is 7.13.